The van der Waals surface area contributed by atoms with Crippen molar-refractivity contribution in [2.24, 2.45) is 0 Å². The quantitative estimate of drug-likeness (QED) is 0.801. The molecule has 0 amide bonds. The third-order valence-corrected chi connectivity index (χ3v) is 4.83. The molecule has 0 N–H and O–H groups in total. The van der Waals surface area contributed by atoms with Crippen molar-refractivity contribution in [2.75, 3.05) is 13.6 Å². The molecule has 18 heavy (non-hydrogen) atoms. The second-order valence-electron chi connectivity index (χ2n) is 6.13. The summed E-state index contributed by atoms with van der Waals surface area (Å²) < 4.78 is 2.50. The predicted molar refractivity (Wildman–Crippen MR) is 73.8 cm³/mol. The van der Waals surface area contributed by atoms with Gasteiger partial charge in [0, 0.05) is 30.9 Å². The highest BCUT2D eigenvalue weighted by Crippen LogP contribution is 2.28. The zero-order valence-electron chi connectivity index (χ0n) is 11.7. The summed E-state index contributed by atoms with van der Waals surface area (Å²) in [4.78, 5) is 7.24. The summed E-state index contributed by atoms with van der Waals surface area (Å²) in [5.41, 5.74) is 1.47. The molecular weight excluding hydrogens is 222 g/mol. The van der Waals surface area contributed by atoms with Gasteiger partial charge in [-0.15, -0.1) is 0 Å². The molecule has 100 valence electrons. The Labute approximate surface area is 110 Å². The molecule has 3 nitrogen and oxygen atoms in total. The molecule has 3 heterocycles. The molecule has 1 fully saturated rings. The molecule has 0 radical (unpaired) electrons. The second-order valence-corrected chi connectivity index (χ2v) is 6.13. The van der Waals surface area contributed by atoms with Crippen molar-refractivity contribution in [1.29, 1.82) is 0 Å². The Morgan fingerprint density at radius 1 is 1.22 bits per heavy atom. The fourth-order valence-electron chi connectivity index (χ4n) is 3.56. The Bertz CT molecular complexity index is 410. The molecular formula is C15H25N3. The Balaban J connectivity index is 1.76. The minimum absolute atomic E-state index is 0.698. The van der Waals surface area contributed by atoms with E-state index >= 15 is 0 Å². The highest BCUT2D eigenvalue weighted by Gasteiger charge is 2.24. The summed E-state index contributed by atoms with van der Waals surface area (Å²) in [6.07, 6.45) is 10.0. The average Bonchev–Trinajstić information content (AvgIpc) is 2.77. The van der Waals surface area contributed by atoms with Crippen LogP contribution in [0.4, 0.5) is 0 Å². The van der Waals surface area contributed by atoms with Crippen molar-refractivity contribution in [2.45, 2.75) is 64.0 Å². The first-order chi connectivity index (χ1) is 8.75. The van der Waals surface area contributed by atoms with E-state index in [1.807, 2.05) is 0 Å². The smallest absolute Gasteiger partial charge is 0.110 e. The Kier molecular flexibility index (Phi) is 3.42. The zero-order valence-corrected chi connectivity index (χ0v) is 11.7. The average molecular weight is 247 g/mol. The molecule has 1 saturated heterocycles. The van der Waals surface area contributed by atoms with Gasteiger partial charge in [0.1, 0.15) is 5.82 Å². The van der Waals surface area contributed by atoms with Gasteiger partial charge >= 0.3 is 0 Å². The van der Waals surface area contributed by atoms with E-state index in [9.17, 15) is 0 Å². The van der Waals surface area contributed by atoms with Gasteiger partial charge in [0.2, 0.25) is 0 Å². The number of aromatic nitrogens is 2. The lowest BCUT2D eigenvalue weighted by atomic mass is 9.97. The van der Waals surface area contributed by atoms with Crippen LogP contribution in [-0.2, 0) is 13.0 Å². The van der Waals surface area contributed by atoms with Gasteiger partial charge in [-0.3, -0.25) is 0 Å². The van der Waals surface area contributed by atoms with E-state index in [4.69, 9.17) is 4.98 Å². The molecule has 1 aromatic heterocycles. The lowest BCUT2D eigenvalue weighted by Crippen LogP contribution is -2.38. The first-order valence-corrected chi connectivity index (χ1v) is 7.50. The lowest BCUT2D eigenvalue weighted by Gasteiger charge is -2.32. The van der Waals surface area contributed by atoms with Crippen LogP contribution in [0.5, 0.6) is 0 Å². The van der Waals surface area contributed by atoms with Crippen molar-refractivity contribution in [3.05, 3.63) is 17.7 Å². The predicted octanol–water partition coefficient (Wildman–Crippen LogP) is 2.81. The third-order valence-electron chi connectivity index (χ3n) is 4.83. The van der Waals surface area contributed by atoms with Gasteiger partial charge in [-0.05, 0) is 45.2 Å². The van der Waals surface area contributed by atoms with E-state index in [-0.39, 0.29) is 0 Å². The molecule has 0 bridgehead atoms. The molecule has 0 aromatic carbocycles. The fraction of sp³-hybridized carbons (Fsp3) is 0.800. The van der Waals surface area contributed by atoms with Crippen LogP contribution < -0.4 is 0 Å². The van der Waals surface area contributed by atoms with Gasteiger partial charge in [-0.2, -0.15) is 0 Å². The van der Waals surface area contributed by atoms with Crippen LogP contribution in [-0.4, -0.2) is 34.1 Å². The Morgan fingerprint density at radius 3 is 2.94 bits per heavy atom. The molecule has 3 rings (SSSR count). The Morgan fingerprint density at radius 2 is 2.11 bits per heavy atom. The van der Waals surface area contributed by atoms with Crippen molar-refractivity contribution in [3.8, 4) is 0 Å². The molecule has 2 atom stereocenters. The molecule has 2 aliphatic heterocycles. The van der Waals surface area contributed by atoms with Gasteiger partial charge in [0.25, 0.3) is 0 Å². The third kappa shape index (κ3) is 2.20. The number of likely N-dealkylation sites (N-methyl/N-ethyl adjacent to an activating group) is 1. The maximum Gasteiger partial charge on any atom is 0.110 e. The number of hydrogen-bond acceptors (Lipinski definition) is 2. The van der Waals surface area contributed by atoms with Gasteiger partial charge in [-0.25, -0.2) is 4.98 Å². The lowest BCUT2D eigenvalue weighted by molar-refractivity contribution is 0.181. The SMILES string of the molecule is CC1CCCn2c1cnc2CC1CCCCN1C. The number of piperidine rings is 1. The number of likely N-dealkylation sites (tertiary alicyclic amines) is 1. The Hall–Kier alpha value is -0.830. The first-order valence-electron chi connectivity index (χ1n) is 7.50. The number of rotatable bonds is 2. The molecule has 1 aromatic rings. The van der Waals surface area contributed by atoms with Gasteiger partial charge in [-0.1, -0.05) is 13.3 Å². The van der Waals surface area contributed by atoms with E-state index in [0.29, 0.717) is 12.0 Å². The second kappa shape index (κ2) is 5.04. The summed E-state index contributed by atoms with van der Waals surface area (Å²) in [6, 6.07) is 0.711. The van der Waals surface area contributed by atoms with Crippen molar-refractivity contribution in [3.63, 3.8) is 0 Å². The zero-order chi connectivity index (χ0) is 12.5. The molecule has 2 unspecified atom stereocenters. The monoisotopic (exact) mass is 247 g/mol. The van der Waals surface area contributed by atoms with E-state index in [0.717, 1.165) is 6.42 Å². The van der Waals surface area contributed by atoms with Crippen molar-refractivity contribution < 1.29 is 0 Å². The maximum absolute atomic E-state index is 4.71. The summed E-state index contributed by atoms with van der Waals surface area (Å²) in [5, 5.41) is 0. The highest BCUT2D eigenvalue weighted by molar-refractivity contribution is 5.13. The van der Waals surface area contributed by atoms with Gasteiger partial charge in [0.05, 0.1) is 0 Å². The van der Waals surface area contributed by atoms with Crippen molar-refractivity contribution >= 4 is 0 Å². The van der Waals surface area contributed by atoms with E-state index < -0.39 is 0 Å². The number of fused-ring (bicyclic) bond motifs is 1. The van der Waals surface area contributed by atoms with E-state index in [1.54, 1.807) is 0 Å². The largest absolute Gasteiger partial charge is 0.332 e. The van der Waals surface area contributed by atoms with E-state index in [1.165, 1.54) is 56.7 Å². The number of imidazole rings is 1. The van der Waals surface area contributed by atoms with Crippen LogP contribution in [0.2, 0.25) is 0 Å². The molecule has 0 saturated carbocycles. The maximum atomic E-state index is 4.71. The van der Waals surface area contributed by atoms with Crippen LogP contribution in [0.1, 0.15) is 56.5 Å². The summed E-state index contributed by atoms with van der Waals surface area (Å²) in [5.74, 6) is 2.03. The van der Waals surface area contributed by atoms with Crippen LogP contribution >= 0.6 is 0 Å². The van der Waals surface area contributed by atoms with Gasteiger partial charge < -0.3 is 9.47 Å². The van der Waals surface area contributed by atoms with Gasteiger partial charge in [0.15, 0.2) is 0 Å². The van der Waals surface area contributed by atoms with Crippen LogP contribution in [0, 0.1) is 0 Å². The first kappa shape index (κ1) is 12.2. The number of hydrogen-bond donors (Lipinski definition) is 0. The summed E-state index contributed by atoms with van der Waals surface area (Å²) in [6.45, 7) is 4.78. The normalized spacial score (nSPS) is 29.2. The fourth-order valence-corrected chi connectivity index (χ4v) is 3.56. The topological polar surface area (TPSA) is 21.1 Å². The minimum atomic E-state index is 0.698. The summed E-state index contributed by atoms with van der Waals surface area (Å²) in [7, 11) is 2.27. The van der Waals surface area contributed by atoms with Crippen LogP contribution in [0.3, 0.4) is 0 Å². The highest BCUT2D eigenvalue weighted by atomic mass is 15.2. The molecule has 0 spiro atoms. The molecule has 0 aliphatic carbocycles. The standard InChI is InChI=1S/C15H25N3/c1-12-6-5-9-18-14(12)11-16-15(18)10-13-7-3-4-8-17(13)2/h11-13H,3-10H2,1-2H3. The van der Waals surface area contributed by atoms with Crippen LogP contribution in [0.25, 0.3) is 0 Å². The molecule has 3 heteroatoms. The van der Waals surface area contributed by atoms with Crippen LogP contribution in [0.15, 0.2) is 6.20 Å². The minimum Gasteiger partial charge on any atom is -0.332 e. The van der Waals surface area contributed by atoms with E-state index in [2.05, 4.69) is 29.6 Å². The summed E-state index contributed by atoms with van der Waals surface area (Å²) >= 11 is 0. The van der Waals surface area contributed by atoms with Crippen molar-refractivity contribution in [1.82, 2.24) is 14.5 Å². The molecule has 2 aliphatic rings. The number of nitrogens with zero attached hydrogens (tertiary/aromatic N) is 3.